The summed E-state index contributed by atoms with van der Waals surface area (Å²) in [6.45, 7) is -0.341. The number of amides is 1. The van der Waals surface area contributed by atoms with Crippen molar-refractivity contribution < 1.29 is 24.9 Å². The number of anilines is 1. The molecule has 3 aromatic rings. The minimum absolute atomic E-state index is 0.100. The van der Waals surface area contributed by atoms with Crippen LogP contribution in [0.25, 0.3) is 10.9 Å². The Morgan fingerprint density at radius 2 is 2.00 bits per heavy atom. The van der Waals surface area contributed by atoms with Gasteiger partial charge in [0.25, 0.3) is 5.91 Å². The standard InChI is InChI=1S/C21H22N2O5/c24-11-19-17(25)10-18(26)20(28-19)13-2-1-3-14(8-13)21(27)23-15-4-5-16-12(9-15)6-7-22-16/h1-9,17-20,22,24-26H,10-11H2,(H,23,27)/t17?,18-,19+,20?/m0/s1. The summed E-state index contributed by atoms with van der Waals surface area (Å²) in [5.74, 6) is -0.277. The van der Waals surface area contributed by atoms with Crippen LogP contribution in [0.1, 0.15) is 28.4 Å². The Kier molecular flexibility index (Phi) is 5.15. The molecule has 4 rings (SSSR count). The van der Waals surface area contributed by atoms with Gasteiger partial charge in [-0.3, -0.25) is 4.79 Å². The van der Waals surface area contributed by atoms with Gasteiger partial charge in [0.2, 0.25) is 0 Å². The van der Waals surface area contributed by atoms with Gasteiger partial charge in [0, 0.05) is 34.8 Å². The van der Waals surface area contributed by atoms with E-state index in [1.54, 1.807) is 24.3 Å². The highest BCUT2D eigenvalue weighted by Gasteiger charge is 2.36. The third kappa shape index (κ3) is 3.65. The molecule has 28 heavy (non-hydrogen) atoms. The van der Waals surface area contributed by atoms with Crippen LogP contribution in [0.15, 0.2) is 54.7 Å². The Balaban J connectivity index is 1.53. The molecule has 0 saturated carbocycles. The zero-order valence-corrected chi connectivity index (χ0v) is 15.1. The summed E-state index contributed by atoms with van der Waals surface area (Å²) in [6, 6.07) is 14.3. The molecule has 4 atom stereocenters. The second-order valence-corrected chi connectivity index (χ2v) is 7.01. The molecule has 2 heterocycles. The van der Waals surface area contributed by atoms with E-state index in [-0.39, 0.29) is 18.9 Å². The summed E-state index contributed by atoms with van der Waals surface area (Å²) in [5.41, 5.74) is 2.71. The Labute approximate surface area is 161 Å². The summed E-state index contributed by atoms with van der Waals surface area (Å²) in [5, 5.41) is 33.4. The van der Waals surface area contributed by atoms with Crippen LogP contribution in [0.3, 0.4) is 0 Å². The van der Waals surface area contributed by atoms with Gasteiger partial charge in [-0.05, 0) is 42.0 Å². The lowest BCUT2D eigenvalue weighted by atomic mass is 9.93. The lowest BCUT2D eigenvalue weighted by Gasteiger charge is -2.36. The van der Waals surface area contributed by atoms with Crippen molar-refractivity contribution in [2.45, 2.75) is 30.8 Å². The number of benzene rings is 2. The molecule has 7 nitrogen and oxygen atoms in total. The number of ether oxygens (including phenoxy) is 1. The Hall–Kier alpha value is -2.71. The Morgan fingerprint density at radius 1 is 1.14 bits per heavy atom. The molecule has 2 aromatic carbocycles. The van der Waals surface area contributed by atoms with Crippen LogP contribution in [0.5, 0.6) is 0 Å². The smallest absolute Gasteiger partial charge is 0.255 e. The minimum Gasteiger partial charge on any atom is -0.394 e. The molecule has 7 heteroatoms. The molecule has 146 valence electrons. The third-order valence-electron chi connectivity index (χ3n) is 5.05. The van der Waals surface area contributed by atoms with E-state index in [0.29, 0.717) is 16.8 Å². The second-order valence-electron chi connectivity index (χ2n) is 7.01. The first kappa shape index (κ1) is 18.6. The van der Waals surface area contributed by atoms with E-state index in [0.717, 1.165) is 10.9 Å². The predicted molar refractivity (Wildman–Crippen MR) is 104 cm³/mol. The third-order valence-corrected chi connectivity index (χ3v) is 5.05. The molecular formula is C21H22N2O5. The average molecular weight is 382 g/mol. The zero-order chi connectivity index (χ0) is 19.7. The first-order chi connectivity index (χ1) is 13.5. The summed E-state index contributed by atoms with van der Waals surface area (Å²) < 4.78 is 5.65. The molecule has 1 amide bonds. The van der Waals surface area contributed by atoms with E-state index in [9.17, 15) is 20.1 Å². The molecule has 2 unspecified atom stereocenters. The molecule has 1 fully saturated rings. The molecular weight excluding hydrogens is 360 g/mol. The van der Waals surface area contributed by atoms with E-state index in [2.05, 4.69) is 10.3 Å². The van der Waals surface area contributed by atoms with Crippen LogP contribution in [-0.2, 0) is 4.74 Å². The maximum absolute atomic E-state index is 12.7. The molecule has 0 bridgehead atoms. The van der Waals surface area contributed by atoms with Crippen molar-refractivity contribution in [2.75, 3.05) is 11.9 Å². The number of aromatic nitrogens is 1. The normalized spacial score (nSPS) is 25.0. The van der Waals surface area contributed by atoms with E-state index >= 15 is 0 Å². The van der Waals surface area contributed by atoms with Crippen LogP contribution in [0.4, 0.5) is 5.69 Å². The molecule has 0 radical (unpaired) electrons. The molecule has 5 N–H and O–H groups in total. The van der Waals surface area contributed by atoms with Gasteiger partial charge in [-0.2, -0.15) is 0 Å². The highest BCUT2D eigenvalue weighted by molar-refractivity contribution is 6.05. The van der Waals surface area contributed by atoms with Crippen LogP contribution in [0, 0.1) is 0 Å². The number of fused-ring (bicyclic) bond motifs is 1. The fraction of sp³-hybridized carbons (Fsp3) is 0.286. The molecule has 0 aliphatic carbocycles. The molecule has 1 aliphatic heterocycles. The zero-order valence-electron chi connectivity index (χ0n) is 15.1. The van der Waals surface area contributed by atoms with Gasteiger partial charge >= 0.3 is 0 Å². The average Bonchev–Trinajstić information content (AvgIpc) is 3.16. The second kappa shape index (κ2) is 7.73. The van der Waals surface area contributed by atoms with Crippen LogP contribution >= 0.6 is 0 Å². The van der Waals surface area contributed by atoms with Crippen molar-refractivity contribution in [3.63, 3.8) is 0 Å². The summed E-state index contributed by atoms with van der Waals surface area (Å²) >= 11 is 0. The lowest BCUT2D eigenvalue weighted by molar-refractivity contribution is -0.181. The quantitative estimate of drug-likeness (QED) is 0.473. The van der Waals surface area contributed by atoms with Gasteiger partial charge in [-0.1, -0.05) is 12.1 Å². The summed E-state index contributed by atoms with van der Waals surface area (Å²) in [4.78, 5) is 15.8. The van der Waals surface area contributed by atoms with E-state index in [1.165, 1.54) is 0 Å². The first-order valence-corrected chi connectivity index (χ1v) is 9.16. The van der Waals surface area contributed by atoms with Crippen molar-refractivity contribution in [1.29, 1.82) is 0 Å². The summed E-state index contributed by atoms with van der Waals surface area (Å²) in [6.07, 6.45) is -1.39. The number of carbonyl (C=O) groups excluding carboxylic acids is 1. The van der Waals surface area contributed by atoms with Gasteiger partial charge < -0.3 is 30.4 Å². The van der Waals surface area contributed by atoms with Crippen molar-refractivity contribution >= 4 is 22.5 Å². The summed E-state index contributed by atoms with van der Waals surface area (Å²) in [7, 11) is 0. The number of aliphatic hydroxyl groups excluding tert-OH is 3. The van der Waals surface area contributed by atoms with Gasteiger partial charge in [0.1, 0.15) is 12.2 Å². The largest absolute Gasteiger partial charge is 0.394 e. The number of aliphatic hydroxyl groups is 3. The number of hydrogen-bond donors (Lipinski definition) is 5. The highest BCUT2D eigenvalue weighted by Crippen LogP contribution is 2.32. The maximum atomic E-state index is 12.7. The fourth-order valence-electron chi connectivity index (χ4n) is 3.55. The Bertz CT molecular complexity index is 986. The predicted octanol–water partition coefficient (Wildman–Crippen LogP) is 1.96. The van der Waals surface area contributed by atoms with Gasteiger partial charge in [0.15, 0.2) is 0 Å². The van der Waals surface area contributed by atoms with Crippen LogP contribution in [-0.4, -0.2) is 51.1 Å². The molecule has 1 aliphatic rings. The van der Waals surface area contributed by atoms with Crippen molar-refractivity contribution in [1.82, 2.24) is 4.98 Å². The van der Waals surface area contributed by atoms with Crippen molar-refractivity contribution in [2.24, 2.45) is 0 Å². The van der Waals surface area contributed by atoms with Crippen LogP contribution < -0.4 is 5.32 Å². The Morgan fingerprint density at radius 3 is 2.82 bits per heavy atom. The molecule has 0 spiro atoms. The maximum Gasteiger partial charge on any atom is 0.255 e. The fourth-order valence-corrected chi connectivity index (χ4v) is 3.55. The highest BCUT2D eigenvalue weighted by atomic mass is 16.5. The first-order valence-electron chi connectivity index (χ1n) is 9.16. The number of H-pyrrole nitrogens is 1. The van der Waals surface area contributed by atoms with Crippen molar-refractivity contribution in [3.05, 3.63) is 65.9 Å². The van der Waals surface area contributed by atoms with Gasteiger partial charge in [-0.15, -0.1) is 0 Å². The van der Waals surface area contributed by atoms with E-state index < -0.39 is 24.4 Å². The molecule has 1 saturated heterocycles. The SMILES string of the molecule is O=C(Nc1ccc2[nH]ccc2c1)c1cccc(C2O[C@H](CO)C(O)C[C@@H]2O)c1. The number of carbonyl (C=O) groups is 1. The topological polar surface area (TPSA) is 115 Å². The van der Waals surface area contributed by atoms with Crippen molar-refractivity contribution in [3.8, 4) is 0 Å². The molecule has 1 aromatic heterocycles. The number of rotatable bonds is 4. The van der Waals surface area contributed by atoms with E-state index in [1.807, 2.05) is 30.5 Å². The van der Waals surface area contributed by atoms with Crippen LogP contribution in [0.2, 0.25) is 0 Å². The number of nitrogens with one attached hydrogen (secondary N) is 2. The monoisotopic (exact) mass is 382 g/mol. The number of aromatic amines is 1. The van der Waals surface area contributed by atoms with E-state index in [4.69, 9.17) is 4.74 Å². The minimum atomic E-state index is -0.925. The van der Waals surface area contributed by atoms with Gasteiger partial charge in [0.05, 0.1) is 18.8 Å². The van der Waals surface area contributed by atoms with Gasteiger partial charge in [-0.25, -0.2) is 0 Å². The number of hydrogen-bond acceptors (Lipinski definition) is 5. The lowest BCUT2D eigenvalue weighted by Crippen LogP contribution is -2.44.